The summed E-state index contributed by atoms with van der Waals surface area (Å²) in [4.78, 5) is 49.8. The third-order valence-corrected chi connectivity index (χ3v) is 6.61. The molecule has 0 aliphatic heterocycles. The second-order valence-corrected chi connectivity index (χ2v) is 9.14. The van der Waals surface area contributed by atoms with Crippen LogP contribution in [-0.2, 0) is 11.3 Å². The van der Waals surface area contributed by atoms with E-state index in [1.807, 2.05) is 13.0 Å². The summed E-state index contributed by atoms with van der Waals surface area (Å²) < 4.78 is 30.0. The number of hydrogen-bond donors (Lipinski definition) is 0. The SMILES string of the molecule is CCOC(=O)c1cc2c(=O)n3cccc(C)c3nc2n(Cc2ccco2)c1=NC(=O)c1cc(OC)c(OC)c(OC)c1. The molecule has 1 aromatic carbocycles. The van der Waals surface area contributed by atoms with Crippen molar-refractivity contribution in [1.29, 1.82) is 0 Å². The summed E-state index contributed by atoms with van der Waals surface area (Å²) >= 11 is 0. The Labute approximate surface area is 239 Å². The number of fused-ring (bicyclic) bond motifs is 2. The molecular weight excluding hydrogens is 544 g/mol. The molecule has 0 saturated carbocycles. The Bertz CT molecular complexity index is 1930. The number of carbonyl (C=O) groups is 2. The molecule has 216 valence electrons. The minimum atomic E-state index is -0.766. The first-order valence-corrected chi connectivity index (χ1v) is 12.9. The van der Waals surface area contributed by atoms with Gasteiger partial charge < -0.3 is 27.9 Å². The van der Waals surface area contributed by atoms with Crippen molar-refractivity contribution >= 4 is 28.6 Å². The van der Waals surface area contributed by atoms with Crippen LogP contribution in [0.2, 0.25) is 0 Å². The zero-order chi connectivity index (χ0) is 30.0. The maximum absolute atomic E-state index is 13.7. The monoisotopic (exact) mass is 572 g/mol. The van der Waals surface area contributed by atoms with E-state index in [1.54, 1.807) is 31.3 Å². The molecule has 0 atom stereocenters. The van der Waals surface area contributed by atoms with Gasteiger partial charge in [-0.1, -0.05) is 6.07 Å². The van der Waals surface area contributed by atoms with E-state index in [1.165, 1.54) is 54.8 Å². The summed E-state index contributed by atoms with van der Waals surface area (Å²) in [7, 11) is 4.31. The van der Waals surface area contributed by atoms with E-state index in [4.69, 9.17) is 28.3 Å². The number of nitrogens with zero attached hydrogens (tertiary/aromatic N) is 4. The van der Waals surface area contributed by atoms with Crippen LogP contribution >= 0.6 is 0 Å². The van der Waals surface area contributed by atoms with Crippen molar-refractivity contribution < 1.29 is 33.0 Å². The molecule has 4 heterocycles. The number of ether oxygens (including phenoxy) is 4. The van der Waals surface area contributed by atoms with Crippen molar-refractivity contribution in [2.24, 2.45) is 4.99 Å². The number of pyridine rings is 2. The van der Waals surface area contributed by atoms with Gasteiger partial charge in [-0.15, -0.1) is 0 Å². The highest BCUT2D eigenvalue weighted by atomic mass is 16.5. The highest BCUT2D eigenvalue weighted by Gasteiger charge is 2.22. The lowest BCUT2D eigenvalue weighted by Crippen LogP contribution is -2.33. The van der Waals surface area contributed by atoms with Gasteiger partial charge in [0.2, 0.25) is 5.75 Å². The number of carbonyl (C=O) groups excluding carboxylic acids is 2. The molecule has 0 radical (unpaired) electrons. The Morgan fingerprint density at radius 2 is 1.74 bits per heavy atom. The van der Waals surface area contributed by atoms with Gasteiger partial charge in [-0.3, -0.25) is 14.0 Å². The molecule has 0 aliphatic rings. The Morgan fingerprint density at radius 3 is 2.36 bits per heavy atom. The average molecular weight is 573 g/mol. The normalized spacial score (nSPS) is 11.6. The second-order valence-electron chi connectivity index (χ2n) is 9.14. The van der Waals surface area contributed by atoms with Crippen molar-refractivity contribution in [3.8, 4) is 17.2 Å². The molecule has 0 saturated heterocycles. The molecule has 4 aromatic heterocycles. The molecule has 0 fully saturated rings. The topological polar surface area (TPSA) is 136 Å². The fourth-order valence-electron chi connectivity index (χ4n) is 4.64. The number of esters is 1. The van der Waals surface area contributed by atoms with Crippen LogP contribution in [0.4, 0.5) is 0 Å². The van der Waals surface area contributed by atoms with E-state index in [0.29, 0.717) is 17.2 Å². The minimum absolute atomic E-state index is 0.00656. The molecule has 1 amide bonds. The number of furan rings is 1. The summed E-state index contributed by atoms with van der Waals surface area (Å²) in [6, 6.07) is 11.3. The molecule has 5 rings (SSSR count). The summed E-state index contributed by atoms with van der Waals surface area (Å²) in [6.45, 7) is 3.55. The number of amides is 1. The van der Waals surface area contributed by atoms with Gasteiger partial charge in [0.25, 0.3) is 11.5 Å². The largest absolute Gasteiger partial charge is 0.493 e. The lowest BCUT2D eigenvalue weighted by atomic mass is 10.1. The predicted octanol–water partition coefficient (Wildman–Crippen LogP) is 3.54. The predicted molar refractivity (Wildman–Crippen MR) is 151 cm³/mol. The number of hydrogen-bond acceptors (Lipinski definition) is 9. The molecule has 0 bridgehead atoms. The van der Waals surface area contributed by atoms with Crippen molar-refractivity contribution in [3.05, 3.63) is 93.2 Å². The van der Waals surface area contributed by atoms with Crippen LogP contribution < -0.4 is 25.3 Å². The molecule has 0 unspecified atom stereocenters. The summed E-state index contributed by atoms with van der Waals surface area (Å²) in [6.07, 6.45) is 3.09. The van der Waals surface area contributed by atoms with Crippen LogP contribution in [0.1, 0.15) is 39.0 Å². The number of benzene rings is 1. The molecule has 0 N–H and O–H groups in total. The van der Waals surface area contributed by atoms with Crippen molar-refractivity contribution in [1.82, 2.24) is 14.0 Å². The fourth-order valence-corrected chi connectivity index (χ4v) is 4.64. The van der Waals surface area contributed by atoms with Crippen LogP contribution in [0.3, 0.4) is 0 Å². The van der Waals surface area contributed by atoms with Gasteiger partial charge in [-0.2, -0.15) is 4.99 Å². The first-order chi connectivity index (χ1) is 20.3. The van der Waals surface area contributed by atoms with Crippen molar-refractivity contribution in [3.63, 3.8) is 0 Å². The summed E-state index contributed by atoms with van der Waals surface area (Å²) in [5.74, 6) is -0.210. The zero-order valence-corrected chi connectivity index (χ0v) is 23.7. The molecule has 5 aromatic rings. The lowest BCUT2D eigenvalue weighted by molar-refractivity contribution is 0.0523. The maximum atomic E-state index is 13.7. The number of methoxy groups -OCH3 is 3. The highest BCUT2D eigenvalue weighted by Crippen LogP contribution is 2.38. The third kappa shape index (κ3) is 4.98. The third-order valence-electron chi connectivity index (χ3n) is 6.61. The van der Waals surface area contributed by atoms with Gasteiger partial charge in [-0.25, -0.2) is 9.78 Å². The van der Waals surface area contributed by atoms with Gasteiger partial charge in [0, 0.05) is 11.8 Å². The molecule has 12 nitrogen and oxygen atoms in total. The van der Waals surface area contributed by atoms with Crippen molar-refractivity contribution in [2.75, 3.05) is 27.9 Å². The molecule has 42 heavy (non-hydrogen) atoms. The average Bonchev–Trinajstić information content (AvgIpc) is 3.51. The number of rotatable bonds is 8. The fraction of sp³-hybridized carbons (Fsp3) is 0.233. The number of aromatic nitrogens is 3. The van der Waals surface area contributed by atoms with Crippen LogP contribution in [0.5, 0.6) is 17.2 Å². The Kier molecular flexibility index (Phi) is 7.78. The van der Waals surface area contributed by atoms with Gasteiger partial charge in [0.15, 0.2) is 17.0 Å². The van der Waals surface area contributed by atoms with Gasteiger partial charge in [0.1, 0.15) is 22.6 Å². The first-order valence-electron chi connectivity index (χ1n) is 12.9. The smallest absolute Gasteiger partial charge is 0.341 e. The van der Waals surface area contributed by atoms with E-state index in [9.17, 15) is 14.4 Å². The maximum Gasteiger partial charge on any atom is 0.341 e. The molecule has 0 spiro atoms. The second kappa shape index (κ2) is 11.6. The van der Waals surface area contributed by atoms with E-state index < -0.39 is 17.4 Å². The van der Waals surface area contributed by atoms with Crippen LogP contribution in [0.15, 0.2) is 69.1 Å². The van der Waals surface area contributed by atoms with Crippen LogP contribution in [-0.4, -0.2) is 53.8 Å². The first kappa shape index (κ1) is 28.1. The van der Waals surface area contributed by atoms with E-state index in [2.05, 4.69) is 4.99 Å². The lowest BCUT2D eigenvalue weighted by Gasteiger charge is -2.15. The van der Waals surface area contributed by atoms with Gasteiger partial charge in [0.05, 0.1) is 46.1 Å². The standard InChI is InChI=1S/C30H28N4O8/c1-6-41-30(37)21-15-20-26(31-25-17(2)9-7-11-33(25)29(20)36)34(16-19-10-8-12-42-19)27(21)32-28(35)18-13-22(38-3)24(40-5)23(14-18)39-4/h7-15H,6,16H2,1-5H3. The van der Waals surface area contributed by atoms with E-state index in [-0.39, 0.29) is 52.3 Å². The summed E-state index contributed by atoms with van der Waals surface area (Å²) in [5.41, 5.74) is 0.905. The van der Waals surface area contributed by atoms with Gasteiger partial charge in [-0.05, 0) is 55.8 Å². The Morgan fingerprint density at radius 1 is 1.00 bits per heavy atom. The van der Waals surface area contributed by atoms with Crippen LogP contribution in [0, 0.1) is 6.92 Å². The Hall–Kier alpha value is -5.39. The van der Waals surface area contributed by atoms with Crippen molar-refractivity contribution in [2.45, 2.75) is 20.4 Å². The Balaban J connectivity index is 1.89. The summed E-state index contributed by atoms with van der Waals surface area (Å²) in [5, 5.41) is 0.131. The molecule has 0 aliphatic carbocycles. The number of aryl methyl sites for hydroxylation is 1. The molecule has 12 heteroatoms. The van der Waals surface area contributed by atoms with E-state index in [0.717, 1.165) is 5.56 Å². The minimum Gasteiger partial charge on any atom is -0.493 e. The highest BCUT2D eigenvalue weighted by molar-refractivity contribution is 5.98. The molecular formula is C30H28N4O8. The van der Waals surface area contributed by atoms with Crippen LogP contribution in [0.25, 0.3) is 16.7 Å². The van der Waals surface area contributed by atoms with Gasteiger partial charge >= 0.3 is 5.97 Å². The van der Waals surface area contributed by atoms with E-state index >= 15 is 0 Å². The quantitative estimate of drug-likeness (QED) is 0.202. The zero-order valence-electron chi connectivity index (χ0n) is 23.7.